The van der Waals surface area contributed by atoms with Crippen LogP contribution in [0.2, 0.25) is 0 Å². The molecular weight excluding hydrogens is 493 g/mol. The maximum Gasteiger partial charge on any atom is 0.329 e. The smallest absolute Gasteiger partial charge is 0.329 e. The lowest BCUT2D eigenvalue weighted by Crippen LogP contribution is -2.72. The Hall–Kier alpha value is -0.830. The predicted molar refractivity (Wildman–Crippen MR) is 156 cm³/mol. The molecule has 0 spiro atoms. The first-order valence-electron chi connectivity index (χ1n) is 15.8. The number of fused-ring (bicyclic) bond motifs is 1. The van der Waals surface area contributed by atoms with Crippen molar-refractivity contribution < 1.29 is 18.9 Å². The third-order valence-electron chi connectivity index (χ3n) is 10.7. The van der Waals surface area contributed by atoms with Gasteiger partial charge in [-0.3, -0.25) is 4.79 Å². The average molecular weight is 550 g/mol. The highest BCUT2D eigenvalue weighted by molar-refractivity contribution is 7.67. The van der Waals surface area contributed by atoms with Gasteiger partial charge in [0, 0.05) is 11.3 Å². The molecule has 2 aliphatic carbocycles. The number of nitrogens with zero attached hydrogens (tertiary/aromatic N) is 1. The number of rotatable bonds is 6. The van der Waals surface area contributed by atoms with E-state index in [-0.39, 0.29) is 29.2 Å². The van der Waals surface area contributed by atoms with Crippen molar-refractivity contribution in [1.82, 2.24) is 4.90 Å². The van der Waals surface area contributed by atoms with Gasteiger partial charge >= 0.3 is 5.97 Å². The summed E-state index contributed by atoms with van der Waals surface area (Å²) in [6, 6.07) is -0.600. The summed E-state index contributed by atoms with van der Waals surface area (Å²) >= 11 is 0. The van der Waals surface area contributed by atoms with E-state index in [1.165, 1.54) is 12.8 Å². The zero-order chi connectivity index (χ0) is 28.2. The standard InChI is InChI=1S/C32H56NO4P/c1-19(2)23-15-13-21(5)17-27(23)38(36,28-18-22(6)14-16-24(28)20(3)4)29-25-11-10-12-26(33(25)30(29)34)31(35)37-32(7,8)9/h19-29H,10-18H2,1-9H3/t21-,22-,23+,24+,25?,26?,27-,28-,29?/m1/s1. The minimum absolute atomic E-state index is 0.00430. The first-order chi connectivity index (χ1) is 17.7. The molecule has 0 bridgehead atoms. The lowest BCUT2D eigenvalue weighted by Gasteiger charge is -2.60. The molecule has 2 aliphatic heterocycles. The van der Waals surface area contributed by atoms with Gasteiger partial charge in [0.2, 0.25) is 5.91 Å². The van der Waals surface area contributed by atoms with Crippen LogP contribution < -0.4 is 0 Å². The second-order valence-electron chi connectivity index (χ2n) is 15.3. The minimum atomic E-state index is -2.96. The molecule has 0 aromatic heterocycles. The molecule has 9 atom stereocenters. The van der Waals surface area contributed by atoms with Crippen molar-refractivity contribution in [3.8, 4) is 0 Å². The average Bonchev–Trinajstić information content (AvgIpc) is 2.81. The summed E-state index contributed by atoms with van der Waals surface area (Å²) < 4.78 is 22.0. The second-order valence-corrected chi connectivity index (χ2v) is 18.7. The third-order valence-corrected chi connectivity index (χ3v) is 15.4. The number of ether oxygens (including phenoxy) is 1. The largest absolute Gasteiger partial charge is 0.458 e. The van der Waals surface area contributed by atoms with Gasteiger partial charge in [0.1, 0.15) is 24.4 Å². The first-order valence-corrected chi connectivity index (χ1v) is 17.7. The summed E-state index contributed by atoms with van der Waals surface area (Å²) in [7, 11) is -2.96. The summed E-state index contributed by atoms with van der Waals surface area (Å²) in [4.78, 5) is 29.3. The highest BCUT2D eigenvalue weighted by atomic mass is 31.2. The molecule has 2 heterocycles. The van der Waals surface area contributed by atoms with Gasteiger partial charge in [-0.1, -0.05) is 54.4 Å². The molecule has 0 aromatic carbocycles. The summed E-state index contributed by atoms with van der Waals surface area (Å²) in [5.74, 6) is 2.56. The molecule has 3 unspecified atom stereocenters. The number of esters is 1. The number of carbonyl (C=O) groups is 2. The van der Waals surface area contributed by atoms with Gasteiger partial charge in [0.25, 0.3) is 0 Å². The SMILES string of the molecule is CC(C)[C@@H]1CC[C@@H](C)C[C@H]1P(=O)(C1C(=O)N2C(C(=O)OC(C)(C)C)CCCC12)[C@@H]1C[C@H](C)CC[C@H]1C(C)C. The van der Waals surface area contributed by atoms with Crippen molar-refractivity contribution in [2.45, 2.75) is 155 Å². The molecule has 5 nitrogen and oxygen atoms in total. The van der Waals surface area contributed by atoms with Gasteiger partial charge < -0.3 is 14.2 Å². The second kappa shape index (κ2) is 11.2. The Kier molecular flexibility index (Phi) is 8.89. The van der Waals surface area contributed by atoms with Crippen LogP contribution in [0.15, 0.2) is 0 Å². The molecule has 0 radical (unpaired) electrons. The molecule has 4 fully saturated rings. The number of β-lactam (4-membered cyclic amide) rings is 1. The molecular formula is C32H56NO4P. The van der Waals surface area contributed by atoms with E-state index in [9.17, 15) is 9.59 Å². The fourth-order valence-corrected chi connectivity index (χ4v) is 15.0. The Balaban J connectivity index is 1.76. The van der Waals surface area contributed by atoms with E-state index in [0.717, 1.165) is 38.5 Å². The van der Waals surface area contributed by atoms with Crippen LogP contribution in [0.1, 0.15) is 120 Å². The summed E-state index contributed by atoms with van der Waals surface area (Å²) in [5.41, 5.74) is -0.736. The number of piperidine rings is 1. The summed E-state index contributed by atoms with van der Waals surface area (Å²) in [5, 5.41) is 0. The van der Waals surface area contributed by atoms with Crippen molar-refractivity contribution in [2.75, 3.05) is 0 Å². The molecule has 2 saturated carbocycles. The molecule has 0 aromatic rings. The zero-order valence-electron chi connectivity index (χ0n) is 25.7. The fraction of sp³-hybridized carbons (Fsp3) is 0.938. The normalized spacial score (nSPS) is 38.7. The quantitative estimate of drug-likeness (QED) is 0.193. The maximum atomic E-state index is 16.2. The highest BCUT2D eigenvalue weighted by Gasteiger charge is 2.66. The Morgan fingerprint density at radius 2 is 1.37 bits per heavy atom. The van der Waals surface area contributed by atoms with Crippen LogP contribution in [-0.2, 0) is 18.9 Å². The Morgan fingerprint density at radius 3 is 1.82 bits per heavy atom. The molecule has 4 aliphatic rings. The third kappa shape index (κ3) is 5.53. The van der Waals surface area contributed by atoms with Gasteiger partial charge in [-0.25, -0.2) is 4.79 Å². The lowest BCUT2D eigenvalue weighted by atomic mass is 9.76. The van der Waals surface area contributed by atoms with E-state index >= 15 is 4.57 Å². The predicted octanol–water partition coefficient (Wildman–Crippen LogP) is 7.74. The van der Waals surface area contributed by atoms with E-state index in [2.05, 4.69) is 41.5 Å². The monoisotopic (exact) mass is 549 g/mol. The summed E-state index contributed by atoms with van der Waals surface area (Å²) in [6.07, 6.45) is 9.02. The lowest BCUT2D eigenvalue weighted by molar-refractivity contribution is -0.175. The van der Waals surface area contributed by atoms with Crippen molar-refractivity contribution >= 4 is 19.0 Å². The Morgan fingerprint density at radius 1 is 0.868 bits per heavy atom. The van der Waals surface area contributed by atoms with Crippen LogP contribution >= 0.6 is 7.14 Å². The van der Waals surface area contributed by atoms with E-state index in [4.69, 9.17) is 4.74 Å². The van der Waals surface area contributed by atoms with E-state index in [1.807, 2.05) is 25.7 Å². The van der Waals surface area contributed by atoms with Crippen LogP contribution in [0.5, 0.6) is 0 Å². The number of carbonyl (C=O) groups excluding carboxylic acids is 2. The maximum absolute atomic E-state index is 16.2. The van der Waals surface area contributed by atoms with E-state index in [0.29, 0.717) is 41.9 Å². The van der Waals surface area contributed by atoms with Crippen molar-refractivity contribution in [3.05, 3.63) is 0 Å². The van der Waals surface area contributed by atoms with Gasteiger partial charge in [0.05, 0.1) is 6.04 Å². The molecule has 38 heavy (non-hydrogen) atoms. The molecule has 1 amide bonds. The first kappa shape index (κ1) is 30.1. The van der Waals surface area contributed by atoms with Gasteiger partial charge in [-0.2, -0.15) is 0 Å². The topological polar surface area (TPSA) is 63.7 Å². The molecule has 0 N–H and O–H groups in total. The molecule has 2 saturated heterocycles. The molecule has 6 heteroatoms. The van der Waals surface area contributed by atoms with E-state index in [1.54, 1.807) is 0 Å². The van der Waals surface area contributed by atoms with Crippen LogP contribution in [0, 0.1) is 35.5 Å². The fourth-order valence-electron chi connectivity index (χ4n) is 8.82. The Labute approximate surface area is 233 Å². The molecule has 4 rings (SSSR count). The number of hydrogen-bond donors (Lipinski definition) is 0. The van der Waals surface area contributed by atoms with E-state index < -0.39 is 24.4 Å². The van der Waals surface area contributed by atoms with Gasteiger partial charge in [0.15, 0.2) is 0 Å². The van der Waals surface area contributed by atoms with Crippen LogP contribution in [0.3, 0.4) is 0 Å². The zero-order valence-corrected chi connectivity index (χ0v) is 26.6. The van der Waals surface area contributed by atoms with Crippen LogP contribution in [0.4, 0.5) is 0 Å². The number of hydrogen-bond acceptors (Lipinski definition) is 4. The minimum Gasteiger partial charge on any atom is -0.458 e. The van der Waals surface area contributed by atoms with Gasteiger partial charge in [-0.05, 0) is 101 Å². The summed E-state index contributed by atoms with van der Waals surface area (Å²) in [6.45, 7) is 19.5. The van der Waals surface area contributed by atoms with Crippen molar-refractivity contribution in [3.63, 3.8) is 0 Å². The van der Waals surface area contributed by atoms with Crippen molar-refractivity contribution in [1.29, 1.82) is 0 Å². The van der Waals surface area contributed by atoms with Crippen molar-refractivity contribution in [2.24, 2.45) is 35.5 Å². The van der Waals surface area contributed by atoms with Crippen LogP contribution in [0.25, 0.3) is 0 Å². The number of amides is 1. The Bertz CT molecular complexity index is 887. The van der Waals surface area contributed by atoms with Crippen LogP contribution in [-0.4, -0.2) is 51.4 Å². The molecule has 218 valence electrons. The highest BCUT2D eigenvalue weighted by Crippen LogP contribution is 2.73. The van der Waals surface area contributed by atoms with Gasteiger partial charge in [-0.15, -0.1) is 0 Å².